The molecule has 2 heterocycles. The lowest BCUT2D eigenvalue weighted by atomic mass is 9.89. The molecular formula is C34H37FN6O3Si. The van der Waals surface area contributed by atoms with E-state index in [2.05, 4.69) is 79.6 Å². The van der Waals surface area contributed by atoms with Gasteiger partial charge in [-0.15, -0.1) is 0 Å². The monoisotopic (exact) mass is 624 g/mol. The minimum atomic E-state index is -2.74. The van der Waals surface area contributed by atoms with Gasteiger partial charge < -0.3 is 15.5 Å². The average Bonchev–Trinajstić information content (AvgIpc) is 3.23. The smallest absolute Gasteiger partial charge is 0.330 e. The normalized spacial score (nSPS) is 16.8. The maximum atomic E-state index is 14.5. The molecule has 11 heteroatoms. The number of nitrogens with zero attached hydrogens (tertiary/aromatic N) is 4. The molecule has 1 amide bonds. The average molecular weight is 625 g/mol. The Morgan fingerprint density at radius 2 is 1.64 bits per heavy atom. The number of fused-ring (bicyclic) bond motifs is 1. The van der Waals surface area contributed by atoms with E-state index in [1.54, 1.807) is 29.3 Å². The van der Waals surface area contributed by atoms with Crippen molar-refractivity contribution in [1.82, 2.24) is 19.1 Å². The largest absolute Gasteiger partial charge is 0.404 e. The Kier molecular flexibility index (Phi) is 7.70. The second kappa shape index (κ2) is 11.4. The fraction of sp³-hybridized carbons (Fsp3) is 0.294. The summed E-state index contributed by atoms with van der Waals surface area (Å²) in [4.78, 5) is 34.1. The first kappa shape index (κ1) is 30.4. The molecule has 3 N–H and O–H groups in total. The van der Waals surface area contributed by atoms with Crippen LogP contribution >= 0.6 is 0 Å². The van der Waals surface area contributed by atoms with Gasteiger partial charge >= 0.3 is 5.69 Å². The first-order chi connectivity index (χ1) is 21.4. The second-order valence-corrected chi connectivity index (χ2v) is 17.0. The summed E-state index contributed by atoms with van der Waals surface area (Å²) in [6.07, 6.45) is 2.86. The van der Waals surface area contributed by atoms with Gasteiger partial charge in [-0.1, -0.05) is 81.4 Å². The lowest BCUT2D eigenvalue weighted by molar-refractivity contribution is 0.0615. The second-order valence-electron chi connectivity index (χ2n) is 12.8. The standard InChI is InChI=1S/C34H37FN6O3Si/c1-21-16-26(30(36)42)27(35)19-28(21)38-32-37-20-29-31(39-32)41(33(43)40(29)5)22-17-23(18-22)44-45(34(2,3)4,24-12-8-6-9-13-24)25-14-10-7-11-15-25/h6-16,19-20,22-23H,17-18H2,1-5H3,(H2,36,42)(H,37,38,39). The first-order valence-corrected chi connectivity index (χ1v) is 16.9. The van der Waals surface area contributed by atoms with Gasteiger partial charge in [0.25, 0.3) is 14.2 Å². The molecule has 45 heavy (non-hydrogen) atoms. The zero-order chi connectivity index (χ0) is 32.1. The number of carbonyl (C=O) groups excluding carboxylic acids is 1. The molecule has 0 saturated heterocycles. The van der Waals surface area contributed by atoms with Gasteiger partial charge in [-0.25, -0.2) is 14.2 Å². The highest BCUT2D eigenvalue weighted by Crippen LogP contribution is 2.43. The van der Waals surface area contributed by atoms with Crippen molar-refractivity contribution in [2.24, 2.45) is 12.8 Å². The highest BCUT2D eigenvalue weighted by atomic mass is 28.4. The molecule has 9 nitrogen and oxygen atoms in total. The van der Waals surface area contributed by atoms with Crippen LogP contribution in [0.3, 0.4) is 0 Å². The SMILES string of the molecule is Cc1cc(C(N)=O)c(F)cc1Nc1ncc2c(n1)n(C1CC(O[Si](c3ccccc3)(c3ccccc3)C(C)(C)C)C1)c(=O)n2C. The third-order valence-corrected chi connectivity index (χ3v) is 13.9. The van der Waals surface area contributed by atoms with Crippen molar-refractivity contribution in [2.45, 2.75) is 57.7 Å². The summed E-state index contributed by atoms with van der Waals surface area (Å²) in [7, 11) is -1.03. The van der Waals surface area contributed by atoms with Crippen LogP contribution in [-0.4, -0.2) is 39.4 Å². The molecular weight excluding hydrogens is 587 g/mol. The third kappa shape index (κ3) is 5.25. The van der Waals surface area contributed by atoms with Gasteiger partial charge in [-0.05, 0) is 52.9 Å². The summed E-state index contributed by atoms with van der Waals surface area (Å²) in [5.74, 6) is -1.38. The van der Waals surface area contributed by atoms with Crippen LogP contribution in [0.1, 0.15) is 55.6 Å². The molecule has 0 aliphatic heterocycles. The molecule has 1 saturated carbocycles. The summed E-state index contributed by atoms with van der Waals surface area (Å²) in [6.45, 7) is 8.49. The summed E-state index contributed by atoms with van der Waals surface area (Å²) in [5, 5.41) is 5.31. The van der Waals surface area contributed by atoms with Crippen LogP contribution in [0.15, 0.2) is 83.8 Å². The van der Waals surface area contributed by atoms with Crippen LogP contribution in [0.2, 0.25) is 5.04 Å². The van der Waals surface area contributed by atoms with Crippen LogP contribution in [0.25, 0.3) is 11.2 Å². The number of aromatic nitrogens is 4. The van der Waals surface area contributed by atoms with E-state index in [1.807, 2.05) is 12.1 Å². The van der Waals surface area contributed by atoms with Crippen molar-refractivity contribution in [3.8, 4) is 0 Å². The molecule has 1 fully saturated rings. The van der Waals surface area contributed by atoms with Crippen molar-refractivity contribution < 1.29 is 13.6 Å². The maximum absolute atomic E-state index is 14.5. The Morgan fingerprint density at radius 1 is 1.04 bits per heavy atom. The zero-order valence-corrected chi connectivity index (χ0v) is 27.0. The van der Waals surface area contributed by atoms with Crippen molar-refractivity contribution in [3.05, 3.63) is 106 Å². The van der Waals surface area contributed by atoms with Crippen LogP contribution in [-0.2, 0) is 11.5 Å². The number of amides is 1. The Bertz CT molecular complexity index is 1910. The van der Waals surface area contributed by atoms with Crippen molar-refractivity contribution in [2.75, 3.05) is 5.32 Å². The van der Waals surface area contributed by atoms with Gasteiger partial charge in [-0.2, -0.15) is 4.98 Å². The zero-order valence-electron chi connectivity index (χ0n) is 26.0. The van der Waals surface area contributed by atoms with Crippen LogP contribution in [0, 0.1) is 12.7 Å². The Balaban J connectivity index is 1.31. The molecule has 6 rings (SSSR count). The number of benzene rings is 3. The molecule has 3 aromatic carbocycles. The van der Waals surface area contributed by atoms with Gasteiger partial charge in [0.15, 0.2) is 5.65 Å². The van der Waals surface area contributed by atoms with Gasteiger partial charge in [0.05, 0.1) is 11.8 Å². The number of primary amides is 1. The highest BCUT2D eigenvalue weighted by Gasteiger charge is 2.53. The van der Waals surface area contributed by atoms with Gasteiger partial charge in [0, 0.05) is 24.9 Å². The Labute approximate surface area is 262 Å². The van der Waals surface area contributed by atoms with Crippen LogP contribution in [0.4, 0.5) is 16.0 Å². The van der Waals surface area contributed by atoms with E-state index in [1.165, 1.54) is 22.5 Å². The van der Waals surface area contributed by atoms with Gasteiger partial charge in [0.1, 0.15) is 11.3 Å². The Morgan fingerprint density at radius 3 is 2.20 bits per heavy atom. The first-order valence-electron chi connectivity index (χ1n) is 15.0. The molecule has 5 aromatic rings. The summed E-state index contributed by atoms with van der Waals surface area (Å²) >= 11 is 0. The Hall–Kier alpha value is -4.61. The minimum Gasteiger partial charge on any atom is -0.404 e. The van der Waals surface area contributed by atoms with Gasteiger partial charge in [0.2, 0.25) is 5.95 Å². The maximum Gasteiger partial charge on any atom is 0.330 e. The number of aryl methyl sites for hydroxylation is 2. The van der Waals surface area contributed by atoms with Crippen LogP contribution < -0.4 is 27.1 Å². The topological polar surface area (TPSA) is 117 Å². The van der Waals surface area contributed by atoms with E-state index < -0.39 is 20.0 Å². The van der Waals surface area contributed by atoms with E-state index >= 15 is 0 Å². The van der Waals surface area contributed by atoms with Crippen LogP contribution in [0.5, 0.6) is 0 Å². The van der Waals surface area contributed by atoms with Gasteiger partial charge in [-0.3, -0.25) is 13.9 Å². The molecule has 232 valence electrons. The number of halogens is 1. The predicted octanol–water partition coefficient (Wildman–Crippen LogP) is 4.70. The molecule has 0 bridgehead atoms. The minimum absolute atomic E-state index is 0.0442. The lowest BCUT2D eigenvalue weighted by Gasteiger charge is -2.48. The molecule has 1 aliphatic rings. The number of rotatable bonds is 8. The number of imidazole rings is 1. The predicted molar refractivity (Wildman–Crippen MR) is 176 cm³/mol. The van der Waals surface area contributed by atoms with Crippen molar-refractivity contribution >= 4 is 47.4 Å². The van der Waals surface area contributed by atoms with E-state index in [0.717, 1.165) is 0 Å². The summed E-state index contributed by atoms with van der Waals surface area (Å²) < 4.78 is 25.1. The van der Waals surface area contributed by atoms with E-state index in [4.69, 9.17) is 15.1 Å². The van der Waals surface area contributed by atoms with E-state index in [-0.39, 0.29) is 34.4 Å². The fourth-order valence-corrected chi connectivity index (χ4v) is 11.1. The third-order valence-electron chi connectivity index (χ3n) is 8.85. The number of nitrogens with one attached hydrogen (secondary N) is 1. The molecule has 0 spiro atoms. The number of hydrogen-bond acceptors (Lipinski definition) is 6. The number of nitrogens with two attached hydrogens (primary N) is 1. The van der Waals surface area contributed by atoms with Crippen molar-refractivity contribution in [1.29, 1.82) is 0 Å². The quantitative estimate of drug-likeness (QED) is 0.242. The molecule has 1 aliphatic carbocycles. The fourth-order valence-electron chi connectivity index (χ4n) is 6.44. The molecule has 0 unspecified atom stereocenters. The number of carbonyl (C=O) groups is 1. The molecule has 0 radical (unpaired) electrons. The van der Waals surface area contributed by atoms with E-state index in [0.29, 0.717) is 35.3 Å². The molecule has 0 atom stereocenters. The number of hydrogen-bond donors (Lipinski definition) is 2. The van der Waals surface area contributed by atoms with Crippen molar-refractivity contribution in [3.63, 3.8) is 0 Å². The molecule has 2 aromatic heterocycles. The summed E-state index contributed by atoms with van der Waals surface area (Å²) in [5.41, 5.74) is 6.99. The van der Waals surface area contributed by atoms with E-state index in [9.17, 15) is 14.0 Å². The summed E-state index contributed by atoms with van der Waals surface area (Å²) in [6, 6.07) is 23.5. The number of anilines is 2. The highest BCUT2D eigenvalue weighted by molar-refractivity contribution is 6.99. The lowest BCUT2D eigenvalue weighted by Crippen LogP contribution is -2.68.